The molecule has 1 aromatic carbocycles. The summed E-state index contributed by atoms with van der Waals surface area (Å²) in [6.45, 7) is 2.55. The fraction of sp³-hybridized carbons (Fsp3) is 0.467. The predicted octanol–water partition coefficient (Wildman–Crippen LogP) is 2.11. The van der Waals surface area contributed by atoms with E-state index in [9.17, 15) is 9.59 Å². The summed E-state index contributed by atoms with van der Waals surface area (Å²) in [5.41, 5.74) is 2.25. The smallest absolute Gasteiger partial charge is 0.303 e. The molecule has 1 aromatic rings. The molecule has 0 radical (unpaired) electrons. The first-order valence-corrected chi connectivity index (χ1v) is 6.57. The van der Waals surface area contributed by atoms with Gasteiger partial charge < -0.3 is 10.0 Å². The van der Waals surface area contributed by atoms with Crippen LogP contribution in [0.25, 0.3) is 0 Å². The van der Waals surface area contributed by atoms with Gasteiger partial charge in [-0.05, 0) is 24.0 Å². The molecule has 0 aliphatic rings. The Hall–Kier alpha value is -1.84. The molecule has 1 amide bonds. The van der Waals surface area contributed by atoms with Crippen LogP contribution in [-0.4, -0.2) is 35.5 Å². The Kier molecular flexibility index (Phi) is 6.06. The topological polar surface area (TPSA) is 57.6 Å². The Morgan fingerprint density at radius 1 is 1.21 bits per heavy atom. The lowest BCUT2D eigenvalue weighted by Gasteiger charge is -2.17. The van der Waals surface area contributed by atoms with Crippen molar-refractivity contribution in [1.82, 2.24) is 4.90 Å². The maximum Gasteiger partial charge on any atom is 0.303 e. The van der Waals surface area contributed by atoms with Gasteiger partial charge in [-0.3, -0.25) is 9.59 Å². The number of carboxylic acid groups (broad SMARTS) is 1. The molecule has 0 atom stereocenters. The predicted molar refractivity (Wildman–Crippen MR) is 74.0 cm³/mol. The van der Waals surface area contributed by atoms with Crippen molar-refractivity contribution in [1.29, 1.82) is 0 Å². The normalized spacial score (nSPS) is 10.2. The molecule has 0 unspecified atom stereocenters. The zero-order valence-electron chi connectivity index (χ0n) is 11.6. The number of aryl methyl sites for hydroxylation is 1. The van der Waals surface area contributed by atoms with Gasteiger partial charge in [-0.15, -0.1) is 0 Å². The number of benzene rings is 1. The molecule has 4 nitrogen and oxygen atoms in total. The van der Waals surface area contributed by atoms with Crippen LogP contribution in [0.5, 0.6) is 0 Å². The van der Waals surface area contributed by atoms with Crippen molar-refractivity contribution in [3.63, 3.8) is 0 Å². The number of nitrogens with zero attached hydrogens (tertiary/aromatic N) is 1. The molecule has 19 heavy (non-hydrogen) atoms. The molecule has 104 valence electrons. The van der Waals surface area contributed by atoms with E-state index in [1.807, 2.05) is 24.3 Å². The van der Waals surface area contributed by atoms with Gasteiger partial charge in [0, 0.05) is 20.0 Å². The minimum atomic E-state index is -0.822. The van der Waals surface area contributed by atoms with Crippen LogP contribution < -0.4 is 0 Å². The molecule has 1 rings (SSSR count). The fourth-order valence-electron chi connectivity index (χ4n) is 1.96. The summed E-state index contributed by atoms with van der Waals surface area (Å²) >= 11 is 0. The second kappa shape index (κ2) is 7.56. The van der Waals surface area contributed by atoms with Gasteiger partial charge in [-0.1, -0.05) is 31.2 Å². The fourth-order valence-corrected chi connectivity index (χ4v) is 1.96. The van der Waals surface area contributed by atoms with Crippen LogP contribution in [-0.2, 0) is 22.4 Å². The molecular weight excluding hydrogens is 242 g/mol. The zero-order chi connectivity index (χ0) is 14.3. The monoisotopic (exact) mass is 263 g/mol. The second-order valence-electron chi connectivity index (χ2n) is 4.61. The van der Waals surface area contributed by atoms with Crippen molar-refractivity contribution in [3.8, 4) is 0 Å². The van der Waals surface area contributed by atoms with Crippen molar-refractivity contribution >= 4 is 11.9 Å². The van der Waals surface area contributed by atoms with E-state index in [2.05, 4.69) is 6.92 Å². The van der Waals surface area contributed by atoms with E-state index in [0.29, 0.717) is 19.4 Å². The summed E-state index contributed by atoms with van der Waals surface area (Å²) in [6, 6.07) is 7.92. The number of amides is 1. The summed E-state index contributed by atoms with van der Waals surface area (Å²) in [4.78, 5) is 24.1. The van der Waals surface area contributed by atoms with Gasteiger partial charge in [0.2, 0.25) is 5.91 Å². The van der Waals surface area contributed by atoms with Crippen LogP contribution in [0.3, 0.4) is 0 Å². The van der Waals surface area contributed by atoms with E-state index in [0.717, 1.165) is 12.0 Å². The van der Waals surface area contributed by atoms with Gasteiger partial charge in [0.05, 0.1) is 6.42 Å². The summed E-state index contributed by atoms with van der Waals surface area (Å²) in [7, 11) is 1.72. The summed E-state index contributed by atoms with van der Waals surface area (Å²) in [5.74, 6) is -0.788. The lowest BCUT2D eigenvalue weighted by molar-refractivity contribution is -0.138. The van der Waals surface area contributed by atoms with Gasteiger partial charge in [0.25, 0.3) is 0 Å². The van der Waals surface area contributed by atoms with Crippen LogP contribution in [0, 0.1) is 0 Å². The largest absolute Gasteiger partial charge is 0.481 e. The third-order valence-electron chi connectivity index (χ3n) is 3.15. The Morgan fingerprint density at radius 2 is 1.84 bits per heavy atom. The number of likely N-dealkylation sites (N-methyl/N-ethyl adjacent to an activating group) is 1. The number of carbonyl (C=O) groups is 2. The lowest BCUT2D eigenvalue weighted by atomic mass is 10.0. The molecule has 0 spiro atoms. The minimum absolute atomic E-state index is 0.0336. The number of hydrogen-bond acceptors (Lipinski definition) is 2. The first-order valence-electron chi connectivity index (χ1n) is 6.57. The van der Waals surface area contributed by atoms with E-state index in [4.69, 9.17) is 5.11 Å². The molecule has 0 fully saturated rings. The summed E-state index contributed by atoms with van der Waals surface area (Å²) < 4.78 is 0. The SMILES string of the molecule is CCc1ccccc1CC(=O)N(C)CCCC(=O)O. The molecule has 0 saturated heterocycles. The standard InChI is InChI=1S/C15H21NO3/c1-3-12-7-4-5-8-13(12)11-14(17)16(2)10-6-9-15(18)19/h4-5,7-8H,3,6,9-11H2,1-2H3,(H,18,19). The van der Waals surface area contributed by atoms with Crippen LogP contribution in [0.2, 0.25) is 0 Å². The molecule has 0 aliphatic heterocycles. The summed E-state index contributed by atoms with van der Waals surface area (Å²) in [6.07, 6.45) is 1.88. The van der Waals surface area contributed by atoms with Crippen molar-refractivity contribution in [2.75, 3.05) is 13.6 Å². The maximum absolute atomic E-state index is 12.0. The second-order valence-corrected chi connectivity index (χ2v) is 4.61. The number of rotatable bonds is 7. The first-order chi connectivity index (χ1) is 9.04. The molecule has 0 saturated carbocycles. The molecular formula is C15H21NO3. The van der Waals surface area contributed by atoms with Gasteiger partial charge in [-0.25, -0.2) is 0 Å². The van der Waals surface area contributed by atoms with E-state index >= 15 is 0 Å². The van der Waals surface area contributed by atoms with E-state index in [1.54, 1.807) is 11.9 Å². The quantitative estimate of drug-likeness (QED) is 0.819. The number of hydrogen-bond donors (Lipinski definition) is 1. The average molecular weight is 263 g/mol. The first kappa shape index (κ1) is 15.2. The lowest BCUT2D eigenvalue weighted by Crippen LogP contribution is -2.29. The molecule has 0 bridgehead atoms. The Bertz CT molecular complexity index is 443. The number of aliphatic carboxylic acids is 1. The van der Waals surface area contributed by atoms with Gasteiger partial charge in [0.1, 0.15) is 0 Å². The number of carboxylic acids is 1. The highest BCUT2D eigenvalue weighted by molar-refractivity contribution is 5.79. The number of carbonyl (C=O) groups excluding carboxylic acids is 1. The molecule has 0 aromatic heterocycles. The van der Waals surface area contributed by atoms with Crippen LogP contribution in [0.1, 0.15) is 30.9 Å². The van der Waals surface area contributed by atoms with Crippen LogP contribution in [0.15, 0.2) is 24.3 Å². The zero-order valence-corrected chi connectivity index (χ0v) is 11.6. The van der Waals surface area contributed by atoms with E-state index in [1.165, 1.54) is 5.56 Å². The van der Waals surface area contributed by atoms with E-state index < -0.39 is 5.97 Å². The third-order valence-corrected chi connectivity index (χ3v) is 3.15. The van der Waals surface area contributed by atoms with Crippen molar-refractivity contribution in [3.05, 3.63) is 35.4 Å². The average Bonchev–Trinajstić information content (AvgIpc) is 2.38. The van der Waals surface area contributed by atoms with Crippen molar-refractivity contribution in [2.45, 2.75) is 32.6 Å². The third kappa shape index (κ3) is 5.12. The molecule has 0 aliphatic carbocycles. The highest BCUT2D eigenvalue weighted by Crippen LogP contribution is 2.11. The van der Waals surface area contributed by atoms with Crippen molar-refractivity contribution in [2.24, 2.45) is 0 Å². The maximum atomic E-state index is 12.0. The highest BCUT2D eigenvalue weighted by atomic mass is 16.4. The highest BCUT2D eigenvalue weighted by Gasteiger charge is 2.11. The summed E-state index contributed by atoms with van der Waals surface area (Å²) in [5, 5.41) is 8.57. The van der Waals surface area contributed by atoms with Crippen LogP contribution >= 0.6 is 0 Å². The molecule has 4 heteroatoms. The Morgan fingerprint density at radius 3 is 2.42 bits per heavy atom. The van der Waals surface area contributed by atoms with Gasteiger partial charge in [0.15, 0.2) is 0 Å². The van der Waals surface area contributed by atoms with Gasteiger partial charge in [-0.2, -0.15) is 0 Å². The van der Waals surface area contributed by atoms with Crippen molar-refractivity contribution < 1.29 is 14.7 Å². The molecule has 0 heterocycles. The molecule has 1 N–H and O–H groups in total. The minimum Gasteiger partial charge on any atom is -0.481 e. The Labute approximate surface area is 114 Å². The van der Waals surface area contributed by atoms with Crippen LogP contribution in [0.4, 0.5) is 0 Å². The van der Waals surface area contributed by atoms with Gasteiger partial charge >= 0.3 is 5.97 Å². The Balaban J connectivity index is 2.51. The van der Waals surface area contributed by atoms with E-state index in [-0.39, 0.29) is 12.3 Å².